The van der Waals surface area contributed by atoms with Gasteiger partial charge in [-0.05, 0) is 55.9 Å². The number of carbonyl (C=O) groups is 2. The summed E-state index contributed by atoms with van der Waals surface area (Å²) in [5, 5.41) is 16.2. The highest BCUT2D eigenvalue weighted by atomic mass is 16.7. The summed E-state index contributed by atoms with van der Waals surface area (Å²) in [5.74, 6) is -0.102. The van der Waals surface area contributed by atoms with Crippen LogP contribution in [0, 0.1) is 23.2 Å². The zero-order valence-electron chi connectivity index (χ0n) is 18.8. The number of hydroxylamine groups is 2. The molecule has 2 fully saturated rings. The first kappa shape index (κ1) is 22.0. The molecule has 0 unspecified atom stereocenters. The van der Waals surface area contributed by atoms with Crippen LogP contribution in [0.15, 0.2) is 42.7 Å². The van der Waals surface area contributed by atoms with Gasteiger partial charge in [0, 0.05) is 42.2 Å². The molecule has 3 aromatic rings. The minimum absolute atomic E-state index is 0.00826. The van der Waals surface area contributed by atoms with Crippen LogP contribution in [-0.4, -0.2) is 38.2 Å². The number of nitrogens with two attached hydrogens (primary N) is 1. The van der Waals surface area contributed by atoms with Gasteiger partial charge in [-0.3, -0.25) is 24.1 Å². The second kappa shape index (κ2) is 9.23. The number of pyridine rings is 1. The Kier molecular flexibility index (Phi) is 5.99. The highest BCUT2D eigenvalue weighted by Crippen LogP contribution is 2.36. The first-order chi connectivity index (χ1) is 16.5. The number of nitriles is 1. The Morgan fingerprint density at radius 3 is 2.74 bits per heavy atom. The lowest BCUT2D eigenvalue weighted by Crippen LogP contribution is -2.37. The lowest BCUT2D eigenvalue weighted by Gasteiger charge is -2.31. The molecule has 1 saturated carbocycles. The summed E-state index contributed by atoms with van der Waals surface area (Å²) in [6, 6.07) is 10.6. The maximum Gasteiger partial charge on any atom is 0.249 e. The van der Waals surface area contributed by atoms with E-state index in [1.807, 2.05) is 16.9 Å². The first-order valence-corrected chi connectivity index (χ1v) is 11.6. The molecule has 9 nitrogen and oxygen atoms in total. The van der Waals surface area contributed by atoms with E-state index in [0.717, 1.165) is 43.1 Å². The summed E-state index contributed by atoms with van der Waals surface area (Å²) in [6.07, 6.45) is 7.73. The van der Waals surface area contributed by atoms with Crippen LogP contribution >= 0.6 is 0 Å². The number of aromatic nitrogens is 3. The fraction of sp³-hybridized carbons (Fsp3) is 0.400. The van der Waals surface area contributed by atoms with Gasteiger partial charge >= 0.3 is 0 Å². The molecule has 5 rings (SSSR count). The number of carbonyl (C=O) groups excluding carboxylic acids is 2. The summed E-state index contributed by atoms with van der Waals surface area (Å²) in [7, 11) is 0. The van der Waals surface area contributed by atoms with E-state index in [9.17, 15) is 14.9 Å². The van der Waals surface area contributed by atoms with Crippen molar-refractivity contribution in [2.75, 3.05) is 6.61 Å². The smallest absolute Gasteiger partial charge is 0.249 e. The van der Waals surface area contributed by atoms with E-state index in [-0.39, 0.29) is 17.9 Å². The number of nitrogens with zero attached hydrogens (tertiary/aromatic N) is 5. The maximum atomic E-state index is 13.3. The molecule has 0 bridgehead atoms. The van der Waals surface area contributed by atoms with Gasteiger partial charge in [-0.1, -0.05) is 6.07 Å². The third-order valence-electron chi connectivity index (χ3n) is 6.85. The van der Waals surface area contributed by atoms with E-state index in [1.54, 1.807) is 30.5 Å². The monoisotopic (exact) mass is 458 g/mol. The molecule has 1 aromatic carbocycles. The van der Waals surface area contributed by atoms with Gasteiger partial charge in [0.1, 0.15) is 6.04 Å². The van der Waals surface area contributed by atoms with Crippen LogP contribution in [0.3, 0.4) is 0 Å². The Hall–Kier alpha value is -3.77. The van der Waals surface area contributed by atoms with Crippen molar-refractivity contribution in [1.82, 2.24) is 19.8 Å². The van der Waals surface area contributed by atoms with Crippen LogP contribution in [0.4, 0.5) is 0 Å². The average molecular weight is 459 g/mol. The largest absolute Gasteiger partial charge is 0.366 e. The molecule has 9 heteroatoms. The third-order valence-corrected chi connectivity index (χ3v) is 6.85. The zero-order valence-corrected chi connectivity index (χ0v) is 18.8. The van der Waals surface area contributed by atoms with E-state index in [2.05, 4.69) is 16.2 Å². The van der Waals surface area contributed by atoms with Crippen molar-refractivity contribution >= 4 is 22.7 Å². The number of hydrogen-bond acceptors (Lipinski definition) is 6. The fourth-order valence-corrected chi connectivity index (χ4v) is 5.01. The predicted molar refractivity (Wildman–Crippen MR) is 123 cm³/mol. The average Bonchev–Trinajstić information content (AvgIpc) is 3.50. The van der Waals surface area contributed by atoms with E-state index < -0.39 is 5.91 Å². The molecule has 2 amide bonds. The topological polar surface area (TPSA) is 127 Å². The van der Waals surface area contributed by atoms with E-state index >= 15 is 0 Å². The Morgan fingerprint density at radius 1 is 1.15 bits per heavy atom. The van der Waals surface area contributed by atoms with E-state index in [1.165, 1.54) is 5.06 Å². The van der Waals surface area contributed by atoms with Crippen molar-refractivity contribution in [2.24, 2.45) is 17.6 Å². The van der Waals surface area contributed by atoms with Crippen molar-refractivity contribution in [3.8, 4) is 6.07 Å². The quantitative estimate of drug-likeness (QED) is 0.626. The normalized spacial score (nSPS) is 22.6. The Labute approximate surface area is 197 Å². The Bertz CT molecular complexity index is 1270. The zero-order chi connectivity index (χ0) is 23.7. The summed E-state index contributed by atoms with van der Waals surface area (Å²) in [5.41, 5.74) is 7.80. The lowest BCUT2D eigenvalue weighted by molar-refractivity contribution is -0.183. The standard InChI is InChI=1S/C25H26N6O3/c26-13-17-7-9-28-22(11-17)23-8-10-34-31(23)25(33)18-3-1-16(2-4-18)14-30-15-20-6-5-19(24(27)32)12-21(20)29-30/h5-7,9,11-12,15-16,18,23H,1-4,8,10,14H2,(H2,27,32)/t16?,18?,23-/m0/s1. The molecule has 1 aliphatic heterocycles. The molecule has 2 aromatic heterocycles. The van der Waals surface area contributed by atoms with Crippen molar-refractivity contribution in [2.45, 2.75) is 44.7 Å². The Balaban J connectivity index is 1.20. The van der Waals surface area contributed by atoms with Gasteiger partial charge in [-0.2, -0.15) is 10.4 Å². The molecule has 1 saturated heterocycles. The molecule has 0 radical (unpaired) electrons. The summed E-state index contributed by atoms with van der Waals surface area (Å²) < 4.78 is 1.93. The second-order valence-corrected chi connectivity index (χ2v) is 9.09. The van der Waals surface area contributed by atoms with E-state index in [0.29, 0.717) is 35.8 Å². The minimum atomic E-state index is -0.461. The van der Waals surface area contributed by atoms with Crippen LogP contribution in [0.25, 0.3) is 10.9 Å². The number of rotatable bonds is 5. The second-order valence-electron chi connectivity index (χ2n) is 9.09. The molecule has 1 atom stereocenters. The molecule has 0 spiro atoms. The summed E-state index contributed by atoms with van der Waals surface area (Å²) in [4.78, 5) is 34.8. The van der Waals surface area contributed by atoms with Crippen LogP contribution in [0.5, 0.6) is 0 Å². The molecular weight excluding hydrogens is 432 g/mol. The van der Waals surface area contributed by atoms with Gasteiger partial charge in [0.15, 0.2) is 0 Å². The maximum absolute atomic E-state index is 13.3. The molecule has 2 N–H and O–H groups in total. The number of benzene rings is 1. The van der Waals surface area contributed by atoms with Crippen molar-refractivity contribution in [3.63, 3.8) is 0 Å². The van der Waals surface area contributed by atoms with Crippen molar-refractivity contribution in [1.29, 1.82) is 5.26 Å². The number of hydrogen-bond donors (Lipinski definition) is 1. The summed E-state index contributed by atoms with van der Waals surface area (Å²) >= 11 is 0. The molecule has 3 heterocycles. The number of primary amides is 1. The van der Waals surface area contributed by atoms with Gasteiger partial charge in [0.2, 0.25) is 11.8 Å². The van der Waals surface area contributed by atoms with Crippen LogP contribution < -0.4 is 5.73 Å². The van der Waals surface area contributed by atoms with Crippen LogP contribution in [0.2, 0.25) is 0 Å². The fourth-order valence-electron chi connectivity index (χ4n) is 5.01. The van der Waals surface area contributed by atoms with Gasteiger partial charge in [0.05, 0.1) is 29.5 Å². The highest BCUT2D eigenvalue weighted by molar-refractivity contribution is 5.96. The van der Waals surface area contributed by atoms with Gasteiger partial charge < -0.3 is 5.73 Å². The van der Waals surface area contributed by atoms with Gasteiger partial charge in [-0.15, -0.1) is 0 Å². The van der Waals surface area contributed by atoms with Crippen molar-refractivity contribution in [3.05, 3.63) is 59.5 Å². The van der Waals surface area contributed by atoms with Crippen LogP contribution in [0.1, 0.15) is 59.8 Å². The lowest BCUT2D eigenvalue weighted by atomic mass is 9.81. The molecule has 174 valence electrons. The van der Waals surface area contributed by atoms with E-state index in [4.69, 9.17) is 10.6 Å². The first-order valence-electron chi connectivity index (χ1n) is 11.6. The molecular formula is C25H26N6O3. The number of fused-ring (bicyclic) bond motifs is 1. The third kappa shape index (κ3) is 4.37. The van der Waals surface area contributed by atoms with Gasteiger partial charge in [-0.25, -0.2) is 5.06 Å². The highest BCUT2D eigenvalue weighted by Gasteiger charge is 2.38. The van der Waals surface area contributed by atoms with Gasteiger partial charge in [0.25, 0.3) is 0 Å². The minimum Gasteiger partial charge on any atom is -0.366 e. The molecule has 2 aliphatic rings. The van der Waals surface area contributed by atoms with Crippen LogP contribution in [-0.2, 0) is 16.2 Å². The Morgan fingerprint density at radius 2 is 1.97 bits per heavy atom. The predicted octanol–water partition coefficient (Wildman–Crippen LogP) is 3.11. The number of amides is 2. The van der Waals surface area contributed by atoms with Crippen molar-refractivity contribution < 1.29 is 14.4 Å². The molecule has 34 heavy (non-hydrogen) atoms. The summed E-state index contributed by atoms with van der Waals surface area (Å²) in [6.45, 7) is 1.24. The molecule has 1 aliphatic carbocycles. The SMILES string of the molecule is N#Cc1ccnc([C@@H]2CCON2C(=O)C2CCC(Cn3cc4ccc(C(N)=O)cc4n3)CC2)c1.